The Labute approximate surface area is 126 Å². The maximum atomic E-state index is 12.7. The Morgan fingerprint density at radius 3 is 2.57 bits per heavy atom. The van der Waals surface area contributed by atoms with Crippen LogP contribution in [-0.2, 0) is 4.79 Å². The summed E-state index contributed by atoms with van der Waals surface area (Å²) >= 11 is 0. The van der Waals surface area contributed by atoms with Crippen LogP contribution in [0, 0.1) is 5.41 Å². The van der Waals surface area contributed by atoms with Gasteiger partial charge in [0.05, 0.1) is 5.41 Å². The van der Waals surface area contributed by atoms with Crippen molar-refractivity contribution in [2.75, 3.05) is 39.8 Å². The molecule has 21 heavy (non-hydrogen) atoms. The van der Waals surface area contributed by atoms with Gasteiger partial charge < -0.3 is 14.9 Å². The van der Waals surface area contributed by atoms with Crippen molar-refractivity contribution in [3.8, 4) is 0 Å². The molecule has 120 valence electrons. The summed E-state index contributed by atoms with van der Waals surface area (Å²) in [6, 6.07) is 0.409. The number of amides is 2. The number of rotatable bonds is 2. The Kier molecular flexibility index (Phi) is 4.76. The van der Waals surface area contributed by atoms with Gasteiger partial charge in [0.15, 0.2) is 0 Å². The Morgan fingerprint density at radius 1 is 1.24 bits per heavy atom. The molecule has 0 aromatic heterocycles. The molecular formula is C15H27N3O3. The summed E-state index contributed by atoms with van der Waals surface area (Å²) in [4.78, 5) is 30.0. The van der Waals surface area contributed by atoms with Gasteiger partial charge in [0, 0.05) is 38.8 Å². The highest BCUT2D eigenvalue weighted by molar-refractivity contribution is 5.78. The molecule has 2 aliphatic heterocycles. The zero-order chi connectivity index (χ0) is 15.6. The van der Waals surface area contributed by atoms with E-state index in [4.69, 9.17) is 0 Å². The van der Waals surface area contributed by atoms with Crippen molar-refractivity contribution >= 4 is 12.0 Å². The van der Waals surface area contributed by atoms with Crippen molar-refractivity contribution < 1.29 is 14.7 Å². The zero-order valence-electron chi connectivity index (χ0n) is 13.3. The molecule has 0 aromatic carbocycles. The number of carboxylic acid groups (broad SMARTS) is 1. The molecule has 2 heterocycles. The lowest BCUT2D eigenvalue weighted by atomic mass is 9.82. The number of piperazine rings is 1. The molecule has 6 heteroatoms. The third-order valence-corrected chi connectivity index (χ3v) is 5.00. The van der Waals surface area contributed by atoms with Gasteiger partial charge in [0.25, 0.3) is 0 Å². The average Bonchev–Trinajstić information content (AvgIpc) is 2.47. The van der Waals surface area contributed by atoms with Crippen LogP contribution in [0.4, 0.5) is 4.79 Å². The van der Waals surface area contributed by atoms with Crippen LogP contribution >= 0.6 is 0 Å². The van der Waals surface area contributed by atoms with Gasteiger partial charge in [-0.15, -0.1) is 0 Å². The first-order valence-electron chi connectivity index (χ1n) is 7.85. The minimum Gasteiger partial charge on any atom is -0.481 e. The predicted octanol–water partition coefficient (Wildman–Crippen LogP) is 1.32. The first-order valence-corrected chi connectivity index (χ1v) is 7.85. The van der Waals surface area contributed by atoms with E-state index in [0.29, 0.717) is 25.6 Å². The van der Waals surface area contributed by atoms with E-state index in [1.165, 1.54) is 0 Å². The molecule has 6 nitrogen and oxygen atoms in total. The number of urea groups is 1. The van der Waals surface area contributed by atoms with Crippen LogP contribution in [-0.4, -0.2) is 77.6 Å². The topological polar surface area (TPSA) is 64.1 Å². The summed E-state index contributed by atoms with van der Waals surface area (Å²) in [5.41, 5.74) is -0.801. The highest BCUT2D eigenvalue weighted by atomic mass is 16.4. The SMILES string of the molecule is CCC1CN(C(=O)N2CCCC(C)(C(=O)O)C2)CCN1C. The minimum atomic E-state index is -0.801. The number of carboxylic acids is 1. The van der Waals surface area contributed by atoms with Gasteiger partial charge in [-0.25, -0.2) is 4.79 Å². The summed E-state index contributed by atoms with van der Waals surface area (Å²) < 4.78 is 0. The van der Waals surface area contributed by atoms with Gasteiger partial charge in [-0.3, -0.25) is 9.69 Å². The van der Waals surface area contributed by atoms with Crippen molar-refractivity contribution in [3.63, 3.8) is 0 Å². The van der Waals surface area contributed by atoms with E-state index in [1.54, 1.807) is 11.8 Å². The first-order chi connectivity index (χ1) is 9.87. The van der Waals surface area contributed by atoms with Gasteiger partial charge in [-0.2, -0.15) is 0 Å². The molecule has 2 amide bonds. The van der Waals surface area contributed by atoms with E-state index in [1.807, 2.05) is 4.90 Å². The molecule has 2 fully saturated rings. The Bertz CT molecular complexity index is 415. The molecule has 0 spiro atoms. The Morgan fingerprint density at radius 2 is 1.95 bits per heavy atom. The van der Waals surface area contributed by atoms with Crippen molar-refractivity contribution in [1.82, 2.24) is 14.7 Å². The van der Waals surface area contributed by atoms with Gasteiger partial charge in [-0.05, 0) is 33.2 Å². The number of likely N-dealkylation sites (N-methyl/N-ethyl adjacent to an activating group) is 1. The van der Waals surface area contributed by atoms with E-state index in [-0.39, 0.29) is 6.03 Å². The molecule has 0 aromatic rings. The van der Waals surface area contributed by atoms with Gasteiger partial charge in [0.2, 0.25) is 0 Å². The van der Waals surface area contributed by atoms with Crippen LogP contribution in [0.15, 0.2) is 0 Å². The van der Waals surface area contributed by atoms with Crippen molar-refractivity contribution in [1.29, 1.82) is 0 Å². The highest BCUT2D eigenvalue weighted by Crippen LogP contribution is 2.30. The molecule has 2 saturated heterocycles. The van der Waals surface area contributed by atoms with E-state index < -0.39 is 11.4 Å². The van der Waals surface area contributed by atoms with Crippen molar-refractivity contribution in [2.45, 2.75) is 39.2 Å². The second kappa shape index (κ2) is 6.22. The van der Waals surface area contributed by atoms with Gasteiger partial charge in [-0.1, -0.05) is 6.92 Å². The van der Waals surface area contributed by atoms with Gasteiger partial charge in [0.1, 0.15) is 0 Å². The van der Waals surface area contributed by atoms with Crippen LogP contribution in [0.2, 0.25) is 0 Å². The first kappa shape index (κ1) is 16.1. The largest absolute Gasteiger partial charge is 0.481 e. The summed E-state index contributed by atoms with van der Waals surface area (Å²) in [7, 11) is 2.10. The second-order valence-corrected chi connectivity index (χ2v) is 6.66. The predicted molar refractivity (Wildman–Crippen MR) is 80.2 cm³/mol. The Hall–Kier alpha value is -1.30. The van der Waals surface area contributed by atoms with Crippen LogP contribution < -0.4 is 0 Å². The monoisotopic (exact) mass is 297 g/mol. The quantitative estimate of drug-likeness (QED) is 0.835. The number of likely N-dealkylation sites (tertiary alicyclic amines) is 1. The molecule has 2 atom stereocenters. The lowest BCUT2D eigenvalue weighted by Crippen LogP contribution is -2.58. The van der Waals surface area contributed by atoms with Crippen LogP contribution in [0.1, 0.15) is 33.1 Å². The third kappa shape index (κ3) is 3.31. The highest BCUT2D eigenvalue weighted by Gasteiger charge is 2.41. The number of hydrogen-bond acceptors (Lipinski definition) is 3. The number of carbonyl (C=O) groups is 2. The molecular weight excluding hydrogens is 270 g/mol. The molecule has 0 saturated carbocycles. The third-order valence-electron chi connectivity index (χ3n) is 5.00. The van der Waals surface area contributed by atoms with Crippen LogP contribution in [0.3, 0.4) is 0 Å². The standard InChI is InChI=1S/C15H27N3O3/c1-4-12-10-17(9-8-16(12)3)14(21)18-7-5-6-15(2,11-18)13(19)20/h12H,4-11H2,1-3H3,(H,19,20). The molecule has 0 bridgehead atoms. The zero-order valence-corrected chi connectivity index (χ0v) is 13.3. The summed E-state index contributed by atoms with van der Waals surface area (Å²) in [5, 5.41) is 9.36. The molecule has 2 rings (SSSR count). The van der Waals surface area contributed by atoms with Crippen LogP contribution in [0.25, 0.3) is 0 Å². The summed E-state index contributed by atoms with van der Waals surface area (Å²) in [6.07, 6.45) is 2.43. The number of nitrogens with zero attached hydrogens (tertiary/aromatic N) is 3. The fraction of sp³-hybridized carbons (Fsp3) is 0.867. The van der Waals surface area contributed by atoms with E-state index in [0.717, 1.165) is 32.5 Å². The van der Waals surface area contributed by atoms with E-state index >= 15 is 0 Å². The van der Waals surface area contributed by atoms with Crippen molar-refractivity contribution in [2.24, 2.45) is 5.41 Å². The molecule has 0 aliphatic carbocycles. The molecule has 0 radical (unpaired) electrons. The number of carbonyl (C=O) groups excluding carboxylic acids is 1. The lowest BCUT2D eigenvalue weighted by Gasteiger charge is -2.44. The summed E-state index contributed by atoms with van der Waals surface area (Å²) in [5.74, 6) is -0.801. The number of hydrogen-bond donors (Lipinski definition) is 1. The maximum absolute atomic E-state index is 12.7. The number of piperidine rings is 1. The van der Waals surface area contributed by atoms with E-state index in [9.17, 15) is 14.7 Å². The molecule has 2 unspecified atom stereocenters. The smallest absolute Gasteiger partial charge is 0.320 e. The minimum absolute atomic E-state index is 0.00808. The second-order valence-electron chi connectivity index (χ2n) is 6.66. The van der Waals surface area contributed by atoms with E-state index in [2.05, 4.69) is 18.9 Å². The fourth-order valence-corrected chi connectivity index (χ4v) is 3.34. The maximum Gasteiger partial charge on any atom is 0.320 e. The lowest BCUT2D eigenvalue weighted by molar-refractivity contribution is -0.150. The Balaban J connectivity index is 2.01. The molecule has 2 aliphatic rings. The normalized spacial score (nSPS) is 31.3. The van der Waals surface area contributed by atoms with Crippen LogP contribution in [0.5, 0.6) is 0 Å². The van der Waals surface area contributed by atoms with Crippen molar-refractivity contribution in [3.05, 3.63) is 0 Å². The fourth-order valence-electron chi connectivity index (χ4n) is 3.34. The van der Waals surface area contributed by atoms with Gasteiger partial charge >= 0.3 is 12.0 Å². The number of aliphatic carboxylic acids is 1. The summed E-state index contributed by atoms with van der Waals surface area (Å²) in [6.45, 7) is 7.23. The molecule has 1 N–H and O–H groups in total. The average molecular weight is 297 g/mol.